The van der Waals surface area contributed by atoms with Gasteiger partial charge in [-0.1, -0.05) is 31.4 Å². The number of rotatable bonds is 3. The molecular weight excluding hydrogens is 440 g/mol. The molecule has 1 aromatic carbocycles. The maximum atomic E-state index is 13.9. The predicted molar refractivity (Wildman–Crippen MR) is 129 cm³/mol. The van der Waals surface area contributed by atoms with Gasteiger partial charge in [-0.2, -0.15) is 0 Å². The number of halogens is 1. The molecule has 0 spiro atoms. The minimum atomic E-state index is 0.00230. The van der Waals surface area contributed by atoms with Gasteiger partial charge in [0.2, 0.25) is 0 Å². The molecule has 6 rings (SSSR count). The molecule has 3 aromatic heterocycles. The summed E-state index contributed by atoms with van der Waals surface area (Å²) >= 11 is 6.54. The Bertz CT molecular complexity index is 1400. The van der Waals surface area contributed by atoms with Crippen molar-refractivity contribution in [1.29, 1.82) is 0 Å². The predicted octanol–water partition coefficient (Wildman–Crippen LogP) is 5.29. The maximum Gasteiger partial charge on any atom is 0.329 e. The van der Waals surface area contributed by atoms with E-state index in [-0.39, 0.29) is 11.7 Å². The van der Waals surface area contributed by atoms with Gasteiger partial charge >= 0.3 is 5.69 Å². The molecule has 1 aliphatic carbocycles. The molecule has 0 bridgehead atoms. The first-order valence-electron chi connectivity index (χ1n) is 11.8. The number of benzene rings is 1. The lowest BCUT2D eigenvalue weighted by atomic mass is 9.85. The van der Waals surface area contributed by atoms with Gasteiger partial charge in [-0.15, -0.1) is 0 Å². The van der Waals surface area contributed by atoms with Crippen molar-refractivity contribution in [1.82, 2.24) is 19.1 Å². The standard InChI is InChI=1S/C25H27ClN4O3/c1-15-5-2-3-6-19(15)30-22-17-7-8-27-24(17)28-13-20(22)29(25(30)31)14-16-11-18(26)23-21(12-16)32-9-4-10-33-23/h7-8,11-13,15,19H,2-6,9-10,14H2,1H3,(H,27,28)/t15-,19+/m1/s1. The van der Waals surface area contributed by atoms with E-state index >= 15 is 0 Å². The van der Waals surface area contributed by atoms with Gasteiger partial charge in [-0.25, -0.2) is 9.78 Å². The average Bonchev–Trinajstić information content (AvgIpc) is 3.29. The molecule has 2 atom stereocenters. The number of aromatic amines is 1. The summed E-state index contributed by atoms with van der Waals surface area (Å²) in [5.74, 6) is 1.67. The Morgan fingerprint density at radius 2 is 2.03 bits per heavy atom. The first kappa shape index (κ1) is 20.7. The lowest BCUT2D eigenvalue weighted by Gasteiger charge is -2.29. The lowest BCUT2D eigenvalue weighted by Crippen LogP contribution is -2.32. The highest BCUT2D eigenvalue weighted by Gasteiger charge is 2.29. The van der Waals surface area contributed by atoms with Gasteiger partial charge in [0.05, 0.1) is 42.0 Å². The van der Waals surface area contributed by atoms with Gasteiger partial charge in [0.1, 0.15) is 5.65 Å². The van der Waals surface area contributed by atoms with E-state index in [0.717, 1.165) is 53.3 Å². The fraction of sp³-hybridized carbons (Fsp3) is 0.440. The normalized spacial score (nSPS) is 20.9. The third-order valence-corrected chi connectivity index (χ3v) is 7.39. The molecule has 4 heterocycles. The highest BCUT2D eigenvalue weighted by atomic mass is 35.5. The van der Waals surface area contributed by atoms with Crippen molar-refractivity contribution in [2.45, 2.75) is 51.6 Å². The van der Waals surface area contributed by atoms with E-state index in [4.69, 9.17) is 21.1 Å². The molecular formula is C25H27ClN4O3. The van der Waals surface area contributed by atoms with Crippen molar-refractivity contribution in [2.75, 3.05) is 13.2 Å². The van der Waals surface area contributed by atoms with Crippen LogP contribution in [-0.2, 0) is 6.54 Å². The summed E-state index contributed by atoms with van der Waals surface area (Å²) in [6, 6.07) is 6.01. The largest absolute Gasteiger partial charge is 0.489 e. The topological polar surface area (TPSA) is 74.1 Å². The first-order chi connectivity index (χ1) is 16.1. The zero-order chi connectivity index (χ0) is 22.5. The number of hydrogen-bond donors (Lipinski definition) is 1. The molecule has 0 saturated heterocycles. The lowest BCUT2D eigenvalue weighted by molar-refractivity contribution is 0.256. The number of nitrogens with zero attached hydrogens (tertiary/aromatic N) is 3. The molecule has 172 valence electrons. The smallest absolute Gasteiger partial charge is 0.329 e. The van der Waals surface area contributed by atoms with E-state index in [2.05, 4.69) is 16.9 Å². The minimum absolute atomic E-state index is 0.00230. The molecule has 1 N–H and O–H groups in total. The van der Waals surface area contributed by atoms with Crippen LogP contribution in [0.4, 0.5) is 0 Å². The summed E-state index contributed by atoms with van der Waals surface area (Å²) in [4.78, 5) is 21.7. The molecule has 4 aromatic rings. The third kappa shape index (κ3) is 3.41. The van der Waals surface area contributed by atoms with Crippen LogP contribution in [0.25, 0.3) is 22.1 Å². The van der Waals surface area contributed by atoms with E-state index in [0.29, 0.717) is 42.2 Å². The Balaban J connectivity index is 1.52. The summed E-state index contributed by atoms with van der Waals surface area (Å²) in [6.45, 7) is 3.81. The highest BCUT2D eigenvalue weighted by Crippen LogP contribution is 2.39. The van der Waals surface area contributed by atoms with Gasteiger partial charge in [0, 0.05) is 24.0 Å². The number of fused-ring (bicyclic) bond motifs is 4. The second-order valence-electron chi connectivity index (χ2n) is 9.26. The van der Waals surface area contributed by atoms with Crippen molar-refractivity contribution in [2.24, 2.45) is 5.92 Å². The van der Waals surface area contributed by atoms with Crippen LogP contribution in [-0.4, -0.2) is 32.3 Å². The van der Waals surface area contributed by atoms with Gasteiger partial charge in [0.25, 0.3) is 0 Å². The Kier molecular flexibility index (Phi) is 5.09. The van der Waals surface area contributed by atoms with E-state index in [9.17, 15) is 4.79 Å². The van der Waals surface area contributed by atoms with Crippen LogP contribution in [0.5, 0.6) is 11.5 Å². The monoisotopic (exact) mass is 466 g/mol. The summed E-state index contributed by atoms with van der Waals surface area (Å²) in [6.07, 6.45) is 9.04. The average molecular weight is 467 g/mol. The summed E-state index contributed by atoms with van der Waals surface area (Å²) in [7, 11) is 0. The van der Waals surface area contributed by atoms with E-state index in [1.54, 1.807) is 0 Å². The van der Waals surface area contributed by atoms with Crippen LogP contribution >= 0.6 is 11.6 Å². The summed E-state index contributed by atoms with van der Waals surface area (Å²) in [5, 5.41) is 1.49. The van der Waals surface area contributed by atoms with Crippen LogP contribution < -0.4 is 15.2 Å². The van der Waals surface area contributed by atoms with Gasteiger partial charge in [0.15, 0.2) is 11.5 Å². The van der Waals surface area contributed by atoms with Gasteiger partial charge in [-0.3, -0.25) is 9.13 Å². The van der Waals surface area contributed by atoms with Crippen molar-refractivity contribution in [3.05, 3.63) is 51.7 Å². The number of hydrogen-bond acceptors (Lipinski definition) is 4. The molecule has 7 nitrogen and oxygen atoms in total. The fourth-order valence-corrected chi connectivity index (χ4v) is 5.75. The Morgan fingerprint density at radius 3 is 2.91 bits per heavy atom. The van der Waals surface area contributed by atoms with Crippen LogP contribution in [0.3, 0.4) is 0 Å². The molecule has 1 saturated carbocycles. The Labute approximate surface area is 196 Å². The molecule has 33 heavy (non-hydrogen) atoms. The zero-order valence-corrected chi connectivity index (χ0v) is 19.4. The number of aromatic nitrogens is 4. The number of pyridine rings is 1. The van der Waals surface area contributed by atoms with Crippen LogP contribution in [0.15, 0.2) is 35.4 Å². The molecule has 0 unspecified atom stereocenters. The van der Waals surface area contributed by atoms with Crippen LogP contribution in [0, 0.1) is 5.92 Å². The zero-order valence-electron chi connectivity index (χ0n) is 18.6. The number of nitrogens with one attached hydrogen (secondary N) is 1. The summed E-state index contributed by atoms with van der Waals surface area (Å²) < 4.78 is 15.5. The molecule has 1 aliphatic heterocycles. The molecule has 8 heteroatoms. The van der Waals surface area contributed by atoms with E-state index in [1.807, 2.05) is 39.7 Å². The molecule has 1 fully saturated rings. The van der Waals surface area contributed by atoms with E-state index < -0.39 is 0 Å². The maximum absolute atomic E-state index is 13.9. The minimum Gasteiger partial charge on any atom is -0.489 e. The Morgan fingerprint density at radius 1 is 1.18 bits per heavy atom. The van der Waals surface area contributed by atoms with Crippen LogP contribution in [0.1, 0.15) is 50.6 Å². The van der Waals surface area contributed by atoms with Crippen molar-refractivity contribution in [3.63, 3.8) is 0 Å². The molecule has 0 radical (unpaired) electrons. The number of imidazole rings is 1. The highest BCUT2D eigenvalue weighted by molar-refractivity contribution is 6.32. The fourth-order valence-electron chi connectivity index (χ4n) is 5.46. The van der Waals surface area contributed by atoms with Gasteiger partial charge < -0.3 is 14.5 Å². The molecule has 2 aliphatic rings. The second-order valence-corrected chi connectivity index (χ2v) is 9.66. The molecule has 0 amide bonds. The number of ether oxygens (including phenoxy) is 2. The van der Waals surface area contributed by atoms with Crippen LogP contribution in [0.2, 0.25) is 5.02 Å². The quantitative estimate of drug-likeness (QED) is 0.445. The van der Waals surface area contributed by atoms with Crippen molar-refractivity contribution in [3.8, 4) is 11.5 Å². The van der Waals surface area contributed by atoms with Crippen molar-refractivity contribution >= 4 is 33.7 Å². The SMILES string of the molecule is C[C@@H]1CCCC[C@@H]1n1c(=O)n(Cc2cc(Cl)c3c(c2)OCCCO3)c2cnc3[nH]ccc3c21. The Hall–Kier alpha value is -2.93. The third-order valence-electron chi connectivity index (χ3n) is 7.11. The summed E-state index contributed by atoms with van der Waals surface area (Å²) in [5.41, 5.74) is 3.51. The first-order valence-corrected chi connectivity index (χ1v) is 12.1. The van der Waals surface area contributed by atoms with Gasteiger partial charge in [-0.05, 0) is 42.5 Å². The van der Waals surface area contributed by atoms with E-state index in [1.165, 1.54) is 6.42 Å². The number of H-pyrrole nitrogens is 1. The van der Waals surface area contributed by atoms with Crippen molar-refractivity contribution < 1.29 is 9.47 Å². The second kappa shape index (κ2) is 8.13.